The van der Waals surface area contributed by atoms with E-state index in [4.69, 9.17) is 4.74 Å². The average molecular weight is 516 g/mol. The summed E-state index contributed by atoms with van der Waals surface area (Å²) in [4.78, 5) is 18.7. The molecule has 2 amide bonds. The number of ether oxygens (including phenoxy) is 1. The van der Waals surface area contributed by atoms with Crippen molar-refractivity contribution < 1.29 is 9.53 Å². The first-order chi connectivity index (χ1) is 17.7. The molecule has 0 unspecified atom stereocenters. The Hall–Kier alpha value is -3.16. The maximum Gasteiger partial charge on any atom is 0.322 e. The van der Waals surface area contributed by atoms with Gasteiger partial charge in [-0.1, -0.05) is 12.1 Å². The van der Waals surface area contributed by atoms with Crippen LogP contribution in [-0.4, -0.2) is 28.9 Å². The number of aromatic nitrogens is 1. The summed E-state index contributed by atoms with van der Waals surface area (Å²) < 4.78 is 7.61. The van der Waals surface area contributed by atoms with Gasteiger partial charge in [-0.15, -0.1) is 23.1 Å². The quantitative estimate of drug-likeness (QED) is 0.290. The molecule has 184 valence electrons. The van der Waals surface area contributed by atoms with Gasteiger partial charge in [-0.3, -0.25) is 0 Å². The zero-order valence-electron chi connectivity index (χ0n) is 20.5. The monoisotopic (exact) mass is 515 g/mol. The number of amides is 2. The van der Waals surface area contributed by atoms with Crippen LogP contribution in [0.15, 0.2) is 71.8 Å². The molecule has 7 heteroatoms. The number of benzene rings is 2. The lowest BCUT2D eigenvalue weighted by Gasteiger charge is -2.31. The first-order valence-electron chi connectivity index (χ1n) is 12.3. The lowest BCUT2D eigenvalue weighted by Crippen LogP contribution is -2.38. The van der Waals surface area contributed by atoms with E-state index in [1.165, 1.54) is 38.7 Å². The predicted molar refractivity (Wildman–Crippen MR) is 148 cm³/mol. The smallest absolute Gasteiger partial charge is 0.322 e. The summed E-state index contributed by atoms with van der Waals surface area (Å²) in [5.41, 5.74) is 5.75. The van der Waals surface area contributed by atoms with Crippen LogP contribution in [0.1, 0.15) is 46.1 Å². The Balaban J connectivity index is 1.46. The number of hydrogen-bond donors (Lipinski definition) is 1. The van der Waals surface area contributed by atoms with E-state index in [9.17, 15) is 4.79 Å². The Labute approximate surface area is 220 Å². The van der Waals surface area contributed by atoms with Gasteiger partial charge >= 0.3 is 6.03 Å². The molecule has 6 rings (SSSR count). The number of carbonyl (C=O) groups is 1. The second-order valence-corrected chi connectivity index (χ2v) is 11.2. The molecule has 0 saturated heterocycles. The summed E-state index contributed by atoms with van der Waals surface area (Å²) in [6, 6.07) is 20.1. The van der Waals surface area contributed by atoms with E-state index in [-0.39, 0.29) is 12.1 Å². The van der Waals surface area contributed by atoms with Crippen LogP contribution in [0, 0.1) is 0 Å². The van der Waals surface area contributed by atoms with Gasteiger partial charge in [0.15, 0.2) is 0 Å². The lowest BCUT2D eigenvalue weighted by molar-refractivity contribution is 0.194. The average Bonchev–Trinajstić information content (AvgIpc) is 3.51. The SMILES string of the molecule is COc1ccc(NC(=O)N2Cc3c(sc4c3CCCC4)-n3cccc3[C@@H]2c2ccc(SC)cc2)cc1. The van der Waals surface area contributed by atoms with Crippen molar-refractivity contribution in [2.75, 3.05) is 18.7 Å². The minimum Gasteiger partial charge on any atom is -0.497 e. The molecule has 5 nitrogen and oxygen atoms in total. The van der Waals surface area contributed by atoms with Crippen LogP contribution < -0.4 is 10.1 Å². The number of thioether (sulfide) groups is 1. The summed E-state index contributed by atoms with van der Waals surface area (Å²) in [5.74, 6) is 0.766. The van der Waals surface area contributed by atoms with Gasteiger partial charge < -0.3 is 19.5 Å². The summed E-state index contributed by atoms with van der Waals surface area (Å²) in [6.07, 6.45) is 8.94. The molecule has 0 radical (unpaired) electrons. The highest BCUT2D eigenvalue weighted by atomic mass is 32.2. The minimum atomic E-state index is -0.201. The van der Waals surface area contributed by atoms with Crippen LogP contribution in [-0.2, 0) is 19.4 Å². The Kier molecular flexibility index (Phi) is 6.27. The molecule has 1 aliphatic heterocycles. The first-order valence-corrected chi connectivity index (χ1v) is 14.4. The molecular weight excluding hydrogens is 486 g/mol. The van der Waals surface area contributed by atoms with Crippen molar-refractivity contribution in [2.24, 2.45) is 0 Å². The van der Waals surface area contributed by atoms with E-state index < -0.39 is 0 Å². The number of hydrogen-bond acceptors (Lipinski definition) is 4. The van der Waals surface area contributed by atoms with Crippen molar-refractivity contribution >= 4 is 34.8 Å². The zero-order chi connectivity index (χ0) is 24.6. The van der Waals surface area contributed by atoms with Crippen molar-refractivity contribution in [1.29, 1.82) is 0 Å². The Morgan fingerprint density at radius 1 is 1.03 bits per heavy atom. The van der Waals surface area contributed by atoms with Gasteiger partial charge in [-0.05, 0) is 91.6 Å². The number of urea groups is 1. The number of nitrogens with zero attached hydrogens (tertiary/aromatic N) is 2. The maximum atomic E-state index is 14.0. The summed E-state index contributed by atoms with van der Waals surface area (Å²) in [7, 11) is 1.64. The first kappa shape index (κ1) is 23.3. The highest BCUT2D eigenvalue weighted by molar-refractivity contribution is 7.98. The number of anilines is 1. The standard InChI is InChI=1S/C29H29N3O2S2/c1-34-21-13-11-20(12-14-21)30-29(33)32-18-24-23-6-3-4-8-26(23)36-28(24)31-17-5-7-25(31)27(32)19-9-15-22(35-2)16-10-19/h5,7,9-17,27H,3-4,6,8,18H2,1-2H3,(H,30,33)/t27-/m0/s1. The molecule has 0 fully saturated rings. The van der Waals surface area contributed by atoms with E-state index in [2.05, 4.69) is 58.7 Å². The number of rotatable bonds is 4. The third-order valence-corrected chi connectivity index (χ3v) is 9.29. The number of methoxy groups -OCH3 is 1. The van der Waals surface area contributed by atoms with Gasteiger partial charge in [0.1, 0.15) is 10.8 Å². The van der Waals surface area contributed by atoms with Gasteiger partial charge in [0, 0.05) is 27.2 Å². The van der Waals surface area contributed by atoms with Gasteiger partial charge in [0.25, 0.3) is 0 Å². The molecule has 3 heterocycles. The maximum absolute atomic E-state index is 14.0. The van der Waals surface area contributed by atoms with Gasteiger partial charge in [0.05, 0.1) is 25.4 Å². The topological polar surface area (TPSA) is 46.5 Å². The highest BCUT2D eigenvalue weighted by Gasteiger charge is 2.36. The van der Waals surface area contributed by atoms with Crippen molar-refractivity contribution in [3.8, 4) is 10.8 Å². The van der Waals surface area contributed by atoms with Crippen LogP contribution in [0.4, 0.5) is 10.5 Å². The van der Waals surface area contributed by atoms with E-state index in [1.807, 2.05) is 40.5 Å². The molecular formula is C29H29N3O2S2. The normalized spacial score (nSPS) is 16.5. The zero-order valence-corrected chi connectivity index (χ0v) is 22.1. The highest BCUT2D eigenvalue weighted by Crippen LogP contribution is 2.44. The molecule has 2 aromatic heterocycles. The molecule has 2 aromatic carbocycles. The second kappa shape index (κ2) is 9.71. The van der Waals surface area contributed by atoms with Gasteiger partial charge in [-0.2, -0.15) is 0 Å². The van der Waals surface area contributed by atoms with Gasteiger partial charge in [0.2, 0.25) is 0 Å². The molecule has 2 aliphatic rings. The lowest BCUT2D eigenvalue weighted by atomic mass is 9.95. The third-order valence-electron chi connectivity index (χ3n) is 7.21. The third kappa shape index (κ3) is 4.10. The van der Waals surface area contributed by atoms with Crippen LogP contribution in [0.2, 0.25) is 0 Å². The van der Waals surface area contributed by atoms with E-state index >= 15 is 0 Å². The molecule has 1 atom stereocenters. The molecule has 0 saturated carbocycles. The van der Waals surface area contributed by atoms with Crippen molar-refractivity contribution in [3.63, 3.8) is 0 Å². The number of aryl methyl sites for hydroxylation is 1. The molecule has 1 aliphatic carbocycles. The number of fused-ring (bicyclic) bond motifs is 5. The second-order valence-electron chi connectivity index (χ2n) is 9.26. The fourth-order valence-corrected chi connectivity index (χ4v) is 7.21. The number of thiophene rings is 1. The fourth-order valence-electron chi connectivity index (χ4n) is 5.39. The summed E-state index contributed by atoms with van der Waals surface area (Å²) >= 11 is 3.64. The minimum absolute atomic E-state index is 0.101. The Morgan fingerprint density at radius 2 is 1.81 bits per heavy atom. The van der Waals surface area contributed by atoms with Crippen molar-refractivity contribution in [2.45, 2.75) is 43.2 Å². The van der Waals surface area contributed by atoms with E-state index in [0.717, 1.165) is 35.5 Å². The largest absolute Gasteiger partial charge is 0.497 e. The molecule has 0 bridgehead atoms. The molecule has 0 spiro atoms. The number of nitrogens with one attached hydrogen (secondary N) is 1. The van der Waals surface area contributed by atoms with Crippen LogP contribution in [0.3, 0.4) is 0 Å². The fraction of sp³-hybridized carbons (Fsp3) is 0.276. The van der Waals surface area contributed by atoms with Crippen molar-refractivity contribution in [1.82, 2.24) is 9.47 Å². The summed E-state index contributed by atoms with van der Waals surface area (Å²) in [5, 5.41) is 4.43. The van der Waals surface area contributed by atoms with E-state index in [0.29, 0.717) is 6.54 Å². The predicted octanol–water partition coefficient (Wildman–Crippen LogP) is 7.29. The van der Waals surface area contributed by atoms with Crippen molar-refractivity contribution in [3.05, 3.63) is 94.1 Å². The Morgan fingerprint density at radius 3 is 2.56 bits per heavy atom. The van der Waals surface area contributed by atoms with Crippen LogP contribution in [0.25, 0.3) is 5.00 Å². The molecule has 36 heavy (non-hydrogen) atoms. The molecule has 1 N–H and O–H groups in total. The Bertz CT molecular complexity index is 1390. The molecule has 4 aromatic rings. The van der Waals surface area contributed by atoms with Crippen LogP contribution in [0.5, 0.6) is 5.75 Å². The van der Waals surface area contributed by atoms with E-state index in [1.54, 1.807) is 18.9 Å². The number of carbonyl (C=O) groups excluding carboxylic acids is 1. The van der Waals surface area contributed by atoms with Crippen LogP contribution >= 0.6 is 23.1 Å². The summed E-state index contributed by atoms with van der Waals surface area (Å²) in [6.45, 7) is 0.583. The van der Waals surface area contributed by atoms with Gasteiger partial charge in [-0.25, -0.2) is 4.79 Å².